The van der Waals surface area contributed by atoms with Gasteiger partial charge >= 0.3 is 0 Å². The topological polar surface area (TPSA) is 41.1 Å². The van der Waals surface area contributed by atoms with Crippen LogP contribution in [0.15, 0.2) is 78.9 Å². The van der Waals surface area contributed by atoms with E-state index < -0.39 is 0 Å². The van der Waals surface area contributed by atoms with Crippen LogP contribution in [0.2, 0.25) is 0 Å². The van der Waals surface area contributed by atoms with Crippen LogP contribution in [-0.2, 0) is 6.54 Å². The standard InChI is InChI=1S/C28H27N2O/c31-28(26-12-11-22-6-2-4-8-25(22)18-26)27(23-13-15-29-16-14-23)30-19-20-9-10-21-5-1-3-7-24(21)17-20/h1-8,10-12,17-18,23,27,29-30H,13-16,19H2. The maximum absolute atomic E-state index is 13.6. The Hall–Kier alpha value is -3.01. The van der Waals surface area contributed by atoms with Gasteiger partial charge in [0.2, 0.25) is 0 Å². The van der Waals surface area contributed by atoms with Crippen molar-refractivity contribution in [1.82, 2.24) is 10.6 Å². The summed E-state index contributed by atoms with van der Waals surface area (Å²) in [5, 5.41) is 11.7. The number of piperidine rings is 1. The molecule has 1 atom stereocenters. The number of hydrogen-bond donors (Lipinski definition) is 2. The van der Waals surface area contributed by atoms with Gasteiger partial charge in [0.05, 0.1) is 6.04 Å². The van der Waals surface area contributed by atoms with Crippen LogP contribution in [0.5, 0.6) is 0 Å². The van der Waals surface area contributed by atoms with Gasteiger partial charge in [0.25, 0.3) is 0 Å². The molecule has 31 heavy (non-hydrogen) atoms. The molecule has 2 N–H and O–H groups in total. The second kappa shape index (κ2) is 9.01. The average Bonchev–Trinajstić information content (AvgIpc) is 2.84. The van der Waals surface area contributed by atoms with Crippen molar-refractivity contribution in [2.24, 2.45) is 5.92 Å². The summed E-state index contributed by atoms with van der Waals surface area (Å²) in [4.78, 5) is 13.6. The van der Waals surface area contributed by atoms with E-state index in [9.17, 15) is 4.79 Å². The second-order valence-corrected chi connectivity index (χ2v) is 8.46. The van der Waals surface area contributed by atoms with Crippen molar-refractivity contribution in [2.45, 2.75) is 25.4 Å². The Bertz CT molecular complexity index is 1210. The van der Waals surface area contributed by atoms with E-state index >= 15 is 0 Å². The van der Waals surface area contributed by atoms with Crippen LogP contribution < -0.4 is 10.6 Å². The number of ketones is 1. The maximum atomic E-state index is 13.6. The fraction of sp³-hybridized carbons (Fsp3) is 0.250. The van der Waals surface area contributed by atoms with Crippen molar-refractivity contribution in [3.63, 3.8) is 0 Å². The monoisotopic (exact) mass is 407 g/mol. The van der Waals surface area contributed by atoms with Gasteiger partial charge in [-0.15, -0.1) is 0 Å². The van der Waals surface area contributed by atoms with Gasteiger partial charge in [-0.05, 0) is 83.2 Å². The Morgan fingerprint density at radius 3 is 2.35 bits per heavy atom. The summed E-state index contributed by atoms with van der Waals surface area (Å²) >= 11 is 0. The predicted molar refractivity (Wildman–Crippen MR) is 127 cm³/mol. The molecular weight excluding hydrogens is 380 g/mol. The highest BCUT2D eigenvalue weighted by molar-refractivity contribution is 6.03. The van der Waals surface area contributed by atoms with E-state index in [4.69, 9.17) is 0 Å². The highest BCUT2D eigenvalue weighted by Crippen LogP contribution is 2.23. The smallest absolute Gasteiger partial charge is 0.180 e. The molecule has 1 fully saturated rings. The Morgan fingerprint density at radius 1 is 0.903 bits per heavy atom. The molecule has 0 aromatic heterocycles. The van der Waals surface area contributed by atoms with Crippen molar-refractivity contribution < 1.29 is 4.79 Å². The zero-order chi connectivity index (χ0) is 21.0. The van der Waals surface area contributed by atoms with Gasteiger partial charge in [0.15, 0.2) is 5.78 Å². The van der Waals surface area contributed by atoms with Gasteiger partial charge in [-0.1, -0.05) is 60.7 Å². The number of carbonyl (C=O) groups is 1. The largest absolute Gasteiger partial charge is 0.317 e. The molecule has 0 saturated carbocycles. The lowest BCUT2D eigenvalue weighted by atomic mass is 9.85. The van der Waals surface area contributed by atoms with Crippen molar-refractivity contribution in [1.29, 1.82) is 0 Å². The highest BCUT2D eigenvalue weighted by Gasteiger charge is 2.30. The molecule has 1 saturated heterocycles. The van der Waals surface area contributed by atoms with Crippen molar-refractivity contribution >= 4 is 27.3 Å². The van der Waals surface area contributed by atoms with Crippen LogP contribution in [0.4, 0.5) is 0 Å². The molecule has 0 amide bonds. The molecule has 5 rings (SSSR count). The Morgan fingerprint density at radius 2 is 1.58 bits per heavy atom. The minimum atomic E-state index is -0.192. The van der Waals surface area contributed by atoms with Crippen LogP contribution in [0, 0.1) is 12.0 Å². The summed E-state index contributed by atoms with van der Waals surface area (Å²) in [5.74, 6) is 0.527. The lowest BCUT2D eigenvalue weighted by Gasteiger charge is -2.31. The van der Waals surface area contributed by atoms with Crippen LogP contribution >= 0.6 is 0 Å². The molecule has 1 unspecified atom stereocenters. The maximum Gasteiger partial charge on any atom is 0.180 e. The molecular formula is C28H27N2O. The number of fused-ring (bicyclic) bond motifs is 2. The Balaban J connectivity index is 1.40. The van der Waals surface area contributed by atoms with Gasteiger partial charge in [0, 0.05) is 12.1 Å². The predicted octanol–water partition coefficient (Wildman–Crippen LogP) is 5.13. The summed E-state index contributed by atoms with van der Waals surface area (Å²) in [6.45, 7) is 2.57. The van der Waals surface area contributed by atoms with Crippen molar-refractivity contribution in [2.75, 3.05) is 13.1 Å². The lowest BCUT2D eigenvalue weighted by Crippen LogP contribution is -2.46. The minimum absolute atomic E-state index is 0.192. The number of rotatable bonds is 6. The van der Waals surface area contributed by atoms with Crippen LogP contribution in [0.3, 0.4) is 0 Å². The summed E-state index contributed by atoms with van der Waals surface area (Å²) < 4.78 is 0. The summed E-state index contributed by atoms with van der Waals surface area (Å²) in [6.07, 6.45) is 2.02. The minimum Gasteiger partial charge on any atom is -0.317 e. The molecule has 1 heterocycles. The van der Waals surface area contributed by atoms with Gasteiger partial charge < -0.3 is 10.6 Å². The normalized spacial score (nSPS) is 15.9. The lowest BCUT2D eigenvalue weighted by molar-refractivity contribution is 0.0889. The number of carbonyl (C=O) groups excluding carboxylic acids is 1. The van der Waals surface area contributed by atoms with Crippen LogP contribution in [0.25, 0.3) is 21.5 Å². The molecule has 3 nitrogen and oxygen atoms in total. The summed E-state index contributed by atoms with van der Waals surface area (Å²) in [7, 11) is 0. The van der Waals surface area contributed by atoms with E-state index in [0.29, 0.717) is 12.5 Å². The summed E-state index contributed by atoms with van der Waals surface area (Å²) in [5.41, 5.74) is 1.88. The molecule has 1 aliphatic heterocycles. The van der Waals surface area contributed by atoms with E-state index in [1.54, 1.807) is 0 Å². The molecule has 4 aromatic carbocycles. The zero-order valence-corrected chi connectivity index (χ0v) is 17.6. The first-order valence-electron chi connectivity index (χ1n) is 11.1. The van der Waals surface area contributed by atoms with Crippen molar-refractivity contribution in [3.05, 3.63) is 96.1 Å². The van der Waals surface area contributed by atoms with E-state index in [0.717, 1.165) is 47.8 Å². The third kappa shape index (κ3) is 4.39. The van der Waals surface area contributed by atoms with Gasteiger partial charge in [0.1, 0.15) is 0 Å². The number of benzene rings is 4. The highest BCUT2D eigenvalue weighted by atomic mass is 16.1. The first-order valence-corrected chi connectivity index (χ1v) is 11.1. The Labute approximate surface area is 183 Å². The SMILES string of the molecule is O=C(c1ccc2ccccc2c1)C(NCc1[c]cc2ccccc2c1)C1CCNCC1. The van der Waals surface area contributed by atoms with Gasteiger partial charge in [-0.25, -0.2) is 0 Å². The number of nitrogens with one attached hydrogen (secondary N) is 2. The van der Waals surface area contributed by atoms with E-state index in [-0.39, 0.29) is 11.8 Å². The van der Waals surface area contributed by atoms with E-state index in [2.05, 4.69) is 59.2 Å². The first kappa shape index (κ1) is 19.9. The van der Waals surface area contributed by atoms with E-state index in [1.165, 1.54) is 10.8 Å². The fourth-order valence-corrected chi connectivity index (χ4v) is 4.67. The van der Waals surface area contributed by atoms with Crippen LogP contribution in [-0.4, -0.2) is 24.9 Å². The molecule has 0 aliphatic carbocycles. The molecule has 4 aromatic rings. The quantitative estimate of drug-likeness (QED) is 0.435. The molecule has 155 valence electrons. The Kier molecular flexibility index (Phi) is 5.79. The average molecular weight is 408 g/mol. The fourth-order valence-electron chi connectivity index (χ4n) is 4.67. The van der Waals surface area contributed by atoms with Crippen molar-refractivity contribution in [3.8, 4) is 0 Å². The molecule has 1 aliphatic rings. The van der Waals surface area contributed by atoms with Gasteiger partial charge in [-0.3, -0.25) is 4.79 Å². The molecule has 1 radical (unpaired) electrons. The molecule has 0 bridgehead atoms. The first-order chi connectivity index (χ1) is 15.3. The van der Waals surface area contributed by atoms with Crippen LogP contribution in [0.1, 0.15) is 28.8 Å². The molecule has 3 heteroatoms. The third-order valence-corrected chi connectivity index (χ3v) is 6.42. The molecule has 0 spiro atoms. The van der Waals surface area contributed by atoms with Gasteiger partial charge in [-0.2, -0.15) is 0 Å². The summed E-state index contributed by atoms with van der Waals surface area (Å²) in [6, 6.07) is 30.0. The number of hydrogen-bond acceptors (Lipinski definition) is 3. The second-order valence-electron chi connectivity index (χ2n) is 8.46. The third-order valence-electron chi connectivity index (χ3n) is 6.42. The zero-order valence-electron chi connectivity index (χ0n) is 17.6. The number of Topliss-reactive ketones (excluding diaryl/α,β-unsaturated/α-hetero) is 1. The van der Waals surface area contributed by atoms with E-state index in [1.807, 2.05) is 36.4 Å².